The zero-order valence-corrected chi connectivity index (χ0v) is 25.8. The molecule has 43 heavy (non-hydrogen) atoms. The van der Waals surface area contributed by atoms with Crippen LogP contribution in [0.1, 0.15) is 48.9 Å². The Morgan fingerprint density at radius 3 is 2.74 bits per heavy atom. The molecule has 1 aromatic heterocycles. The van der Waals surface area contributed by atoms with Crippen molar-refractivity contribution in [1.82, 2.24) is 20.3 Å². The van der Waals surface area contributed by atoms with E-state index in [0.717, 1.165) is 24.9 Å². The summed E-state index contributed by atoms with van der Waals surface area (Å²) in [5.74, 6) is -0.934. The molecule has 4 heterocycles. The standard InChI is InChI=1S/C31H40N6O5Si/c1-19-28(43(2,3)41)27(13-15-37-17-26(35-36-37)22(18-38)20-8-5-4-6-9-20)42-31(19)23-16-21(11-12-24(23)34-30(31)40)33-29(39)25-10-7-14-32-25/h4-6,8-9,11-12,16-17,19,22,25,27-28,32,38,41H,7,10,13-15,18H2,1-3H3,(H,33,39)(H,34,40)/t19-,22?,25-,27+,28-,31+/m1/s1. The highest BCUT2D eigenvalue weighted by Crippen LogP contribution is 2.58. The number of ether oxygens (including phenoxy) is 1. The first-order valence-corrected chi connectivity index (χ1v) is 18.1. The molecular formula is C31H40N6O5Si. The first kappa shape index (κ1) is 29.6. The molecule has 5 N–H and O–H groups in total. The number of rotatable bonds is 9. The summed E-state index contributed by atoms with van der Waals surface area (Å²) in [6, 6.07) is 14.9. The number of aryl methyl sites for hydroxylation is 1. The first-order chi connectivity index (χ1) is 20.6. The van der Waals surface area contributed by atoms with E-state index in [9.17, 15) is 19.5 Å². The minimum absolute atomic E-state index is 0.0883. The fraction of sp³-hybridized carbons (Fsp3) is 0.484. The third-order valence-corrected chi connectivity index (χ3v) is 11.8. The minimum atomic E-state index is -2.81. The van der Waals surface area contributed by atoms with E-state index in [1.807, 2.05) is 62.6 Å². The van der Waals surface area contributed by atoms with Gasteiger partial charge in [0.15, 0.2) is 13.9 Å². The predicted octanol–water partition coefficient (Wildman–Crippen LogP) is 2.93. The number of aliphatic hydroxyl groups excluding tert-OH is 1. The Bertz CT molecular complexity index is 1490. The van der Waals surface area contributed by atoms with Gasteiger partial charge in [-0.1, -0.05) is 42.5 Å². The van der Waals surface area contributed by atoms with Gasteiger partial charge in [-0.2, -0.15) is 0 Å². The maximum absolute atomic E-state index is 13.7. The lowest BCUT2D eigenvalue weighted by Gasteiger charge is -2.32. The number of nitrogens with one attached hydrogen (secondary N) is 3. The van der Waals surface area contributed by atoms with Gasteiger partial charge < -0.3 is 30.6 Å². The van der Waals surface area contributed by atoms with Gasteiger partial charge in [0.1, 0.15) is 0 Å². The second-order valence-electron chi connectivity index (χ2n) is 12.6. The van der Waals surface area contributed by atoms with Gasteiger partial charge in [-0.25, -0.2) is 0 Å². The van der Waals surface area contributed by atoms with Gasteiger partial charge in [0, 0.05) is 41.1 Å². The molecule has 2 amide bonds. The SMILES string of the molecule is C[C@@H]1[C@@H]([Si](C)(C)O)[C@H](CCn2cc(C(CO)c3ccccc3)nn2)O[C@@]12C(=O)Nc1ccc(NC(=O)[C@H]3CCCN3)cc12. The summed E-state index contributed by atoms with van der Waals surface area (Å²) < 4.78 is 8.49. The largest absolute Gasteiger partial charge is 0.432 e. The molecule has 6 rings (SSSR count). The molecule has 6 atom stereocenters. The summed E-state index contributed by atoms with van der Waals surface area (Å²) in [7, 11) is -2.81. The van der Waals surface area contributed by atoms with E-state index in [1.54, 1.807) is 16.8 Å². The monoisotopic (exact) mass is 604 g/mol. The predicted molar refractivity (Wildman–Crippen MR) is 164 cm³/mol. The number of nitrogens with zero attached hydrogens (tertiary/aromatic N) is 3. The van der Waals surface area contributed by atoms with Gasteiger partial charge in [0.25, 0.3) is 5.91 Å². The van der Waals surface area contributed by atoms with Crippen LogP contribution in [0.4, 0.5) is 11.4 Å². The van der Waals surface area contributed by atoms with Crippen molar-refractivity contribution >= 4 is 31.5 Å². The van der Waals surface area contributed by atoms with E-state index in [4.69, 9.17) is 4.74 Å². The molecule has 2 fully saturated rings. The summed E-state index contributed by atoms with van der Waals surface area (Å²) in [4.78, 5) is 38.0. The first-order valence-electron chi connectivity index (χ1n) is 15.1. The molecule has 1 spiro atoms. The highest BCUT2D eigenvalue weighted by atomic mass is 28.4. The lowest BCUT2D eigenvalue weighted by Crippen LogP contribution is -2.43. The van der Waals surface area contributed by atoms with Gasteiger partial charge >= 0.3 is 0 Å². The van der Waals surface area contributed by atoms with Crippen LogP contribution in [0.25, 0.3) is 0 Å². The van der Waals surface area contributed by atoms with Gasteiger partial charge in [0.2, 0.25) is 5.91 Å². The number of aromatic nitrogens is 3. The van der Waals surface area contributed by atoms with Gasteiger partial charge in [-0.3, -0.25) is 14.3 Å². The number of benzene rings is 2. The van der Waals surface area contributed by atoms with Crippen molar-refractivity contribution in [2.24, 2.45) is 5.92 Å². The van der Waals surface area contributed by atoms with Crippen LogP contribution in [0.15, 0.2) is 54.7 Å². The molecule has 3 aliphatic rings. The zero-order chi connectivity index (χ0) is 30.4. The summed E-state index contributed by atoms with van der Waals surface area (Å²) in [6.45, 7) is 6.97. The molecule has 3 aliphatic heterocycles. The van der Waals surface area contributed by atoms with Gasteiger partial charge in [0.05, 0.1) is 30.4 Å². The van der Waals surface area contributed by atoms with Crippen LogP contribution in [0.5, 0.6) is 0 Å². The van der Waals surface area contributed by atoms with Crippen molar-refractivity contribution < 1.29 is 24.2 Å². The smallest absolute Gasteiger partial charge is 0.261 e. The van der Waals surface area contributed by atoms with Gasteiger partial charge in [-0.15, -0.1) is 5.10 Å². The van der Waals surface area contributed by atoms with Crippen molar-refractivity contribution in [3.05, 3.63) is 71.5 Å². The molecule has 0 saturated carbocycles. The minimum Gasteiger partial charge on any atom is -0.432 e. The molecule has 11 nitrogen and oxygen atoms in total. The van der Waals surface area contributed by atoms with Crippen LogP contribution >= 0.6 is 0 Å². The Labute approximate surface area is 252 Å². The summed E-state index contributed by atoms with van der Waals surface area (Å²) in [5, 5.41) is 27.9. The molecule has 0 aliphatic carbocycles. The molecule has 0 radical (unpaired) electrons. The van der Waals surface area contributed by atoms with Crippen LogP contribution in [0, 0.1) is 5.92 Å². The van der Waals surface area contributed by atoms with Crippen LogP contribution in [-0.2, 0) is 26.5 Å². The van der Waals surface area contributed by atoms with Crippen molar-refractivity contribution in [1.29, 1.82) is 0 Å². The van der Waals surface area contributed by atoms with Gasteiger partial charge in [-0.05, 0) is 62.7 Å². The van der Waals surface area contributed by atoms with Crippen molar-refractivity contribution in [2.75, 3.05) is 23.8 Å². The molecular weight excluding hydrogens is 564 g/mol. The van der Waals surface area contributed by atoms with Crippen molar-refractivity contribution in [3.63, 3.8) is 0 Å². The number of aliphatic hydroxyl groups is 1. The topological polar surface area (TPSA) is 151 Å². The molecule has 228 valence electrons. The Morgan fingerprint density at radius 1 is 1.26 bits per heavy atom. The Morgan fingerprint density at radius 2 is 2.05 bits per heavy atom. The molecule has 2 saturated heterocycles. The summed E-state index contributed by atoms with van der Waals surface area (Å²) in [6.07, 6.45) is 3.70. The average molecular weight is 605 g/mol. The quantitative estimate of drug-likeness (QED) is 0.234. The van der Waals surface area contributed by atoms with Crippen molar-refractivity contribution in [3.8, 4) is 0 Å². The lowest BCUT2D eigenvalue weighted by atomic mass is 9.82. The fourth-order valence-electron chi connectivity index (χ4n) is 7.28. The number of carbonyl (C=O) groups is 2. The zero-order valence-electron chi connectivity index (χ0n) is 24.8. The van der Waals surface area contributed by atoms with Crippen LogP contribution in [-0.4, -0.2) is 70.3 Å². The van der Waals surface area contributed by atoms with Crippen LogP contribution in [0.3, 0.4) is 0 Å². The maximum atomic E-state index is 13.7. The number of anilines is 2. The molecule has 0 bridgehead atoms. The Hall–Kier alpha value is -3.42. The second kappa shape index (κ2) is 11.6. The van der Waals surface area contributed by atoms with E-state index < -0.39 is 20.0 Å². The third-order valence-electron chi connectivity index (χ3n) is 9.32. The number of hydrogen-bond donors (Lipinski definition) is 5. The van der Waals surface area contributed by atoms with Crippen LogP contribution < -0.4 is 16.0 Å². The normalized spacial score (nSPS) is 27.3. The average Bonchev–Trinajstić information content (AvgIpc) is 3.77. The fourth-order valence-corrected chi connectivity index (χ4v) is 9.88. The van der Waals surface area contributed by atoms with Crippen LogP contribution in [0.2, 0.25) is 18.6 Å². The molecule has 1 unspecified atom stereocenters. The highest BCUT2D eigenvalue weighted by molar-refractivity contribution is 6.71. The molecule has 3 aromatic rings. The van der Waals surface area contributed by atoms with E-state index >= 15 is 0 Å². The Balaban J connectivity index is 1.24. The van der Waals surface area contributed by atoms with E-state index in [-0.39, 0.29) is 41.8 Å². The maximum Gasteiger partial charge on any atom is 0.261 e. The summed E-state index contributed by atoms with van der Waals surface area (Å²) >= 11 is 0. The number of amides is 2. The summed E-state index contributed by atoms with van der Waals surface area (Å²) in [5.41, 5.74) is 2.06. The highest BCUT2D eigenvalue weighted by Gasteiger charge is 2.64. The Kier molecular flexibility index (Phi) is 7.98. The number of hydrogen-bond acceptors (Lipinski definition) is 8. The molecule has 2 aromatic carbocycles. The lowest BCUT2D eigenvalue weighted by molar-refractivity contribution is -0.143. The second-order valence-corrected chi connectivity index (χ2v) is 16.5. The van der Waals surface area contributed by atoms with Crippen molar-refractivity contribution in [2.45, 2.75) is 75.0 Å². The number of carbonyl (C=O) groups excluding carboxylic acids is 2. The van der Waals surface area contributed by atoms with E-state index in [2.05, 4.69) is 26.3 Å². The number of fused-ring (bicyclic) bond motifs is 2. The van der Waals surface area contributed by atoms with E-state index in [0.29, 0.717) is 35.6 Å². The van der Waals surface area contributed by atoms with E-state index in [1.165, 1.54) is 0 Å². The molecule has 12 heteroatoms. The third kappa shape index (κ3) is 5.42.